The number of halogens is 1. The van der Waals surface area contributed by atoms with Gasteiger partial charge in [0.2, 0.25) is 0 Å². The molecule has 1 unspecified atom stereocenters. The molecule has 1 aromatic carbocycles. The van der Waals surface area contributed by atoms with Crippen LogP contribution in [0.2, 0.25) is 0 Å². The number of fused-ring (bicyclic) bond motifs is 1. The number of nitrogens with zero attached hydrogens (tertiary/aromatic N) is 2. The van der Waals surface area contributed by atoms with Crippen molar-refractivity contribution >= 4 is 0 Å². The minimum atomic E-state index is -0.277. The van der Waals surface area contributed by atoms with Gasteiger partial charge in [-0.05, 0) is 30.4 Å². The van der Waals surface area contributed by atoms with E-state index in [-0.39, 0.29) is 17.3 Å². The van der Waals surface area contributed by atoms with Crippen LogP contribution in [0, 0.1) is 11.2 Å². The summed E-state index contributed by atoms with van der Waals surface area (Å²) >= 11 is 0. The number of nitrogens with two attached hydrogens (primary N) is 1. The van der Waals surface area contributed by atoms with Gasteiger partial charge in [0.15, 0.2) is 5.82 Å². The van der Waals surface area contributed by atoms with Crippen LogP contribution in [0.1, 0.15) is 37.6 Å². The molecule has 3 nitrogen and oxygen atoms in total. The first kappa shape index (κ1) is 13.2. The van der Waals surface area contributed by atoms with Gasteiger partial charge in [-0.15, -0.1) is 0 Å². The molecule has 1 atom stereocenters. The third-order valence-corrected chi connectivity index (χ3v) is 3.80. The van der Waals surface area contributed by atoms with Crippen molar-refractivity contribution in [1.82, 2.24) is 9.97 Å². The Morgan fingerprint density at radius 3 is 2.90 bits per heavy atom. The summed E-state index contributed by atoms with van der Waals surface area (Å²) in [7, 11) is 0. The summed E-state index contributed by atoms with van der Waals surface area (Å²) in [4.78, 5) is 8.96. The molecule has 20 heavy (non-hydrogen) atoms. The first-order valence-electron chi connectivity index (χ1n) is 6.82. The van der Waals surface area contributed by atoms with Crippen LogP contribution < -0.4 is 5.73 Å². The summed E-state index contributed by atoms with van der Waals surface area (Å²) < 4.78 is 13.3. The summed E-state index contributed by atoms with van der Waals surface area (Å²) in [5.41, 5.74) is 9.04. The lowest BCUT2D eigenvalue weighted by atomic mass is 9.74. The van der Waals surface area contributed by atoms with Crippen molar-refractivity contribution in [1.29, 1.82) is 0 Å². The first-order valence-corrected chi connectivity index (χ1v) is 6.82. The van der Waals surface area contributed by atoms with E-state index < -0.39 is 0 Å². The Kier molecular flexibility index (Phi) is 3.05. The van der Waals surface area contributed by atoms with Gasteiger partial charge in [-0.1, -0.05) is 26.0 Å². The van der Waals surface area contributed by atoms with Crippen molar-refractivity contribution in [2.45, 2.75) is 32.7 Å². The predicted octanol–water partition coefficient (Wildman–Crippen LogP) is 3.25. The standard InChI is InChI=1S/C16H18FN3/c1-16(2)7-13(18)12-9-19-15(20-14(12)8-16)10-4-3-5-11(17)6-10/h3-6,9,13H,7-8,18H2,1-2H3. The number of rotatable bonds is 1. The lowest BCUT2D eigenvalue weighted by Crippen LogP contribution is -2.30. The van der Waals surface area contributed by atoms with Crippen LogP contribution in [0.15, 0.2) is 30.5 Å². The number of benzene rings is 1. The van der Waals surface area contributed by atoms with Gasteiger partial charge in [0.05, 0.1) is 0 Å². The van der Waals surface area contributed by atoms with E-state index in [1.165, 1.54) is 12.1 Å². The molecule has 2 aromatic rings. The summed E-state index contributed by atoms with van der Waals surface area (Å²) in [5.74, 6) is 0.286. The maximum absolute atomic E-state index is 13.3. The molecular weight excluding hydrogens is 253 g/mol. The van der Waals surface area contributed by atoms with Gasteiger partial charge >= 0.3 is 0 Å². The fourth-order valence-corrected chi connectivity index (χ4v) is 2.88. The second kappa shape index (κ2) is 4.63. The number of aromatic nitrogens is 2. The van der Waals surface area contributed by atoms with Gasteiger partial charge in [-0.2, -0.15) is 0 Å². The highest BCUT2D eigenvalue weighted by Gasteiger charge is 2.31. The summed E-state index contributed by atoms with van der Waals surface area (Å²) in [6, 6.07) is 6.34. The van der Waals surface area contributed by atoms with Crippen molar-refractivity contribution in [3.8, 4) is 11.4 Å². The largest absolute Gasteiger partial charge is 0.324 e. The number of hydrogen-bond donors (Lipinski definition) is 1. The molecule has 1 heterocycles. The average molecular weight is 271 g/mol. The summed E-state index contributed by atoms with van der Waals surface area (Å²) in [6.07, 6.45) is 3.60. The maximum atomic E-state index is 13.3. The van der Waals surface area contributed by atoms with Crippen LogP contribution in [0.3, 0.4) is 0 Å². The average Bonchev–Trinajstić information content (AvgIpc) is 2.36. The van der Waals surface area contributed by atoms with E-state index in [1.807, 2.05) is 6.07 Å². The molecule has 0 spiro atoms. The Balaban J connectivity index is 2.05. The van der Waals surface area contributed by atoms with Crippen LogP contribution in [0.4, 0.5) is 4.39 Å². The lowest BCUT2D eigenvalue weighted by molar-refractivity contribution is 0.278. The van der Waals surface area contributed by atoms with Crippen LogP contribution >= 0.6 is 0 Å². The van der Waals surface area contributed by atoms with Gasteiger partial charge in [-0.3, -0.25) is 0 Å². The first-order chi connectivity index (χ1) is 9.44. The second-order valence-electron chi connectivity index (χ2n) is 6.26. The van der Waals surface area contributed by atoms with Gasteiger partial charge < -0.3 is 5.73 Å². The summed E-state index contributed by atoms with van der Waals surface area (Å²) in [5, 5.41) is 0. The van der Waals surface area contributed by atoms with Crippen molar-refractivity contribution in [3.05, 3.63) is 47.5 Å². The third-order valence-electron chi connectivity index (χ3n) is 3.80. The molecule has 3 rings (SSSR count). The van der Waals surface area contributed by atoms with E-state index in [0.717, 1.165) is 24.1 Å². The molecule has 0 saturated heterocycles. The SMILES string of the molecule is CC1(C)Cc2nc(-c3cccc(F)c3)ncc2C(N)C1. The third kappa shape index (κ3) is 2.43. The molecule has 104 valence electrons. The minimum absolute atomic E-state index is 0.0182. The zero-order chi connectivity index (χ0) is 14.3. The van der Waals surface area contributed by atoms with E-state index in [9.17, 15) is 4.39 Å². The predicted molar refractivity (Wildman–Crippen MR) is 76.5 cm³/mol. The number of hydrogen-bond acceptors (Lipinski definition) is 3. The molecule has 0 aliphatic heterocycles. The van der Waals surface area contributed by atoms with Crippen LogP contribution in [0.5, 0.6) is 0 Å². The lowest BCUT2D eigenvalue weighted by Gasteiger charge is -2.34. The van der Waals surface area contributed by atoms with Crippen LogP contribution in [-0.4, -0.2) is 9.97 Å². The zero-order valence-corrected chi connectivity index (χ0v) is 11.7. The van der Waals surface area contributed by atoms with Crippen molar-refractivity contribution in [3.63, 3.8) is 0 Å². The van der Waals surface area contributed by atoms with Crippen molar-refractivity contribution in [2.24, 2.45) is 11.1 Å². The Bertz CT molecular complexity index is 652. The Morgan fingerprint density at radius 1 is 1.35 bits per heavy atom. The monoisotopic (exact) mass is 271 g/mol. The van der Waals surface area contributed by atoms with Crippen molar-refractivity contribution in [2.75, 3.05) is 0 Å². The smallest absolute Gasteiger partial charge is 0.159 e. The normalized spacial score (nSPS) is 20.5. The molecular formula is C16H18FN3. The quantitative estimate of drug-likeness (QED) is 0.866. The van der Waals surface area contributed by atoms with Gasteiger partial charge in [0.1, 0.15) is 5.82 Å². The summed E-state index contributed by atoms with van der Waals surface area (Å²) in [6.45, 7) is 4.39. The maximum Gasteiger partial charge on any atom is 0.159 e. The highest BCUT2D eigenvalue weighted by Crippen LogP contribution is 2.38. The fraction of sp³-hybridized carbons (Fsp3) is 0.375. The second-order valence-corrected chi connectivity index (χ2v) is 6.26. The van der Waals surface area contributed by atoms with Gasteiger partial charge in [-0.25, -0.2) is 14.4 Å². The van der Waals surface area contributed by atoms with E-state index in [1.54, 1.807) is 12.3 Å². The highest BCUT2D eigenvalue weighted by molar-refractivity contribution is 5.55. The highest BCUT2D eigenvalue weighted by atomic mass is 19.1. The molecule has 0 fully saturated rings. The molecule has 4 heteroatoms. The topological polar surface area (TPSA) is 51.8 Å². The van der Waals surface area contributed by atoms with E-state index >= 15 is 0 Å². The molecule has 1 aromatic heterocycles. The Hall–Kier alpha value is -1.81. The van der Waals surface area contributed by atoms with E-state index in [2.05, 4.69) is 23.8 Å². The minimum Gasteiger partial charge on any atom is -0.324 e. The van der Waals surface area contributed by atoms with Crippen LogP contribution in [-0.2, 0) is 6.42 Å². The fourth-order valence-electron chi connectivity index (χ4n) is 2.88. The Labute approximate surface area is 118 Å². The molecule has 1 aliphatic rings. The van der Waals surface area contributed by atoms with E-state index in [0.29, 0.717) is 11.4 Å². The Morgan fingerprint density at radius 2 is 2.15 bits per heavy atom. The van der Waals surface area contributed by atoms with Crippen molar-refractivity contribution < 1.29 is 4.39 Å². The van der Waals surface area contributed by atoms with E-state index in [4.69, 9.17) is 5.73 Å². The molecule has 0 saturated carbocycles. The van der Waals surface area contributed by atoms with Crippen LogP contribution in [0.25, 0.3) is 11.4 Å². The molecule has 1 aliphatic carbocycles. The zero-order valence-electron chi connectivity index (χ0n) is 11.7. The molecule has 0 bridgehead atoms. The van der Waals surface area contributed by atoms with Gasteiger partial charge in [0.25, 0.3) is 0 Å². The van der Waals surface area contributed by atoms with Gasteiger partial charge in [0, 0.05) is 29.1 Å². The molecule has 0 amide bonds. The molecule has 2 N–H and O–H groups in total. The molecule has 0 radical (unpaired) electrons.